The lowest BCUT2D eigenvalue weighted by atomic mass is 9.60. The van der Waals surface area contributed by atoms with E-state index in [9.17, 15) is 23.3 Å². The van der Waals surface area contributed by atoms with Crippen LogP contribution in [0.1, 0.15) is 86.8 Å². The highest BCUT2D eigenvalue weighted by molar-refractivity contribution is 7.90. The predicted octanol–water partition coefficient (Wildman–Crippen LogP) is 7.41. The number of aromatic amines is 1. The average Bonchev–Trinajstić information content (AvgIpc) is 4.07. The Morgan fingerprint density at radius 1 is 1.03 bits per heavy atom. The maximum Gasteiger partial charge on any atom is 0.297 e. The van der Waals surface area contributed by atoms with E-state index in [0.29, 0.717) is 54.1 Å². The molecule has 3 N–H and O–H groups in total. The molecule has 17 nitrogen and oxygen atoms in total. The fourth-order valence-electron chi connectivity index (χ4n) is 11.3. The molecule has 6 aliphatic rings. The number of fused-ring (bicyclic) bond motifs is 4. The van der Waals surface area contributed by atoms with E-state index in [-0.39, 0.29) is 47.8 Å². The molecule has 1 amide bonds. The number of hydrogen-bond acceptors (Lipinski definition) is 14. The minimum atomic E-state index is -4.69. The van der Waals surface area contributed by atoms with Gasteiger partial charge in [-0.1, -0.05) is 38.1 Å². The second kappa shape index (κ2) is 16.7. The van der Waals surface area contributed by atoms with Crippen molar-refractivity contribution in [1.29, 1.82) is 0 Å². The van der Waals surface area contributed by atoms with E-state index in [2.05, 4.69) is 62.9 Å². The summed E-state index contributed by atoms with van der Waals surface area (Å²) in [5, 5.41) is 16.3. The van der Waals surface area contributed by atoms with Gasteiger partial charge in [-0.3, -0.25) is 19.8 Å². The fourth-order valence-corrected chi connectivity index (χ4v) is 12.3. The van der Waals surface area contributed by atoms with Crippen LogP contribution in [0.2, 0.25) is 0 Å². The number of benzene rings is 3. The fraction of sp³-hybridized carbons (Fsp3) is 0.469. The van der Waals surface area contributed by atoms with Crippen molar-refractivity contribution in [3.8, 4) is 11.6 Å². The number of hydrogen-bond donors (Lipinski definition) is 3. The first kappa shape index (κ1) is 43.6. The van der Waals surface area contributed by atoms with Crippen LogP contribution in [0.25, 0.3) is 11.0 Å². The van der Waals surface area contributed by atoms with Gasteiger partial charge in [0, 0.05) is 60.0 Å². The molecule has 0 bridgehead atoms. The van der Waals surface area contributed by atoms with Gasteiger partial charge in [0.1, 0.15) is 24.0 Å². The summed E-state index contributed by atoms with van der Waals surface area (Å²) in [5.74, 6) is -0.0983. The molecule has 4 fully saturated rings. The van der Waals surface area contributed by atoms with Crippen LogP contribution in [-0.2, 0) is 19.5 Å². The summed E-state index contributed by atoms with van der Waals surface area (Å²) in [5.41, 5.74) is 5.34. The average molecular weight is 933 g/mol. The summed E-state index contributed by atoms with van der Waals surface area (Å²) >= 11 is 0. The number of likely N-dealkylation sites (tertiary alicyclic amines) is 1. The number of nitrogens with one attached hydrogen (secondary N) is 3. The Balaban J connectivity index is 0.890. The molecule has 5 aromatic rings. The first-order valence-electron chi connectivity index (χ1n) is 23.4. The monoisotopic (exact) mass is 932 g/mol. The number of carbonyl (C=O) groups excluding carboxylic acids is 1. The number of ether oxygens (including phenoxy) is 4. The SMILES string of the molecule is CC(C)OC[C@@H]1COc2cc(S(=O)(=O)NC(=O)c3ccc(N4CC5(CC(N6CCC[C@H]6c6ccccc6C(C)C)C5)C4)cc3N3c4cc5cc[nH]c5nc4O[C@@H]4COC[C@H]43)cc([N+](=O)[O-])c2N1. The van der Waals surface area contributed by atoms with Gasteiger partial charge in [0.05, 0.1) is 59.1 Å². The van der Waals surface area contributed by atoms with Crippen molar-refractivity contribution < 1.29 is 37.1 Å². The van der Waals surface area contributed by atoms with Crippen molar-refractivity contribution in [3.05, 3.63) is 99.7 Å². The summed E-state index contributed by atoms with van der Waals surface area (Å²) in [6.45, 7) is 12.1. The van der Waals surface area contributed by atoms with Gasteiger partial charge in [0.2, 0.25) is 5.88 Å². The van der Waals surface area contributed by atoms with Gasteiger partial charge in [-0.05, 0) is 93.5 Å². The maximum atomic E-state index is 14.6. The Bertz CT molecular complexity index is 2870. The molecule has 18 heteroatoms. The highest BCUT2D eigenvalue weighted by Crippen LogP contribution is 2.55. The zero-order chi connectivity index (χ0) is 46.4. The Hall–Kier alpha value is -5.95. The molecule has 1 aliphatic carbocycles. The molecule has 7 heterocycles. The summed E-state index contributed by atoms with van der Waals surface area (Å²) in [4.78, 5) is 40.8. The molecule has 67 heavy (non-hydrogen) atoms. The van der Waals surface area contributed by atoms with E-state index in [1.165, 1.54) is 30.0 Å². The van der Waals surface area contributed by atoms with E-state index in [1.54, 1.807) is 12.3 Å². The van der Waals surface area contributed by atoms with Crippen molar-refractivity contribution >= 4 is 55.4 Å². The Kier molecular flexibility index (Phi) is 10.9. The molecule has 3 aromatic carbocycles. The lowest BCUT2D eigenvalue weighted by Gasteiger charge is -2.62. The largest absolute Gasteiger partial charge is 0.489 e. The van der Waals surface area contributed by atoms with Crippen LogP contribution in [0.3, 0.4) is 0 Å². The summed E-state index contributed by atoms with van der Waals surface area (Å²) in [6.07, 6.45) is 5.94. The predicted molar refractivity (Wildman–Crippen MR) is 252 cm³/mol. The molecule has 5 aliphatic heterocycles. The molecule has 4 atom stereocenters. The Morgan fingerprint density at radius 3 is 2.64 bits per heavy atom. The minimum Gasteiger partial charge on any atom is -0.489 e. The molecule has 1 spiro atoms. The van der Waals surface area contributed by atoms with Crippen LogP contribution < -0.4 is 29.3 Å². The van der Waals surface area contributed by atoms with Crippen molar-refractivity contribution in [2.75, 3.05) is 61.2 Å². The minimum absolute atomic E-state index is 0.0181. The number of nitro benzene ring substituents is 1. The number of carbonyl (C=O) groups is 1. The zero-order valence-electron chi connectivity index (χ0n) is 38.1. The molecule has 0 unspecified atom stereocenters. The van der Waals surface area contributed by atoms with E-state index in [0.717, 1.165) is 49.6 Å². The number of nitrogens with zero attached hydrogens (tertiary/aromatic N) is 5. The van der Waals surface area contributed by atoms with Crippen molar-refractivity contribution in [2.45, 2.75) is 101 Å². The van der Waals surface area contributed by atoms with Crippen LogP contribution in [0, 0.1) is 15.5 Å². The smallest absolute Gasteiger partial charge is 0.297 e. The second-order valence-electron chi connectivity index (χ2n) is 19.7. The van der Waals surface area contributed by atoms with Gasteiger partial charge in [0.15, 0.2) is 11.4 Å². The van der Waals surface area contributed by atoms with Gasteiger partial charge >= 0.3 is 0 Å². The number of H-pyrrole nitrogens is 1. The molecule has 0 radical (unpaired) electrons. The first-order chi connectivity index (χ1) is 32.2. The lowest BCUT2D eigenvalue weighted by Crippen LogP contribution is -2.66. The number of amides is 1. The van der Waals surface area contributed by atoms with Gasteiger partial charge in [-0.25, -0.2) is 13.1 Å². The van der Waals surface area contributed by atoms with Crippen LogP contribution in [0.5, 0.6) is 11.6 Å². The van der Waals surface area contributed by atoms with E-state index >= 15 is 0 Å². The van der Waals surface area contributed by atoms with Gasteiger partial charge in [-0.2, -0.15) is 4.98 Å². The summed E-state index contributed by atoms with van der Waals surface area (Å²) < 4.78 is 54.5. The van der Waals surface area contributed by atoms with Crippen molar-refractivity contribution in [3.63, 3.8) is 0 Å². The highest BCUT2D eigenvalue weighted by Gasteiger charge is 2.55. The van der Waals surface area contributed by atoms with Crippen molar-refractivity contribution in [2.24, 2.45) is 5.41 Å². The van der Waals surface area contributed by atoms with Crippen LogP contribution in [-0.4, -0.2) is 111 Å². The molecule has 3 saturated heterocycles. The second-order valence-corrected chi connectivity index (χ2v) is 21.4. The van der Waals surface area contributed by atoms with Gasteiger partial charge in [0.25, 0.3) is 21.6 Å². The van der Waals surface area contributed by atoms with Gasteiger partial charge < -0.3 is 39.0 Å². The highest BCUT2D eigenvalue weighted by atomic mass is 32.2. The third kappa shape index (κ3) is 7.80. The summed E-state index contributed by atoms with van der Waals surface area (Å²) in [6, 6.07) is 20.6. The van der Waals surface area contributed by atoms with Gasteiger partial charge in [-0.15, -0.1) is 0 Å². The quantitative estimate of drug-likeness (QED) is 0.0827. The third-order valence-corrected chi connectivity index (χ3v) is 15.8. The number of aromatic nitrogens is 2. The van der Waals surface area contributed by atoms with E-state index in [1.807, 2.05) is 43.0 Å². The van der Waals surface area contributed by atoms with Crippen LogP contribution in [0.4, 0.5) is 28.4 Å². The molecule has 1 saturated carbocycles. The summed E-state index contributed by atoms with van der Waals surface area (Å²) in [7, 11) is -4.69. The zero-order valence-corrected chi connectivity index (χ0v) is 38.9. The Morgan fingerprint density at radius 2 is 1.85 bits per heavy atom. The van der Waals surface area contributed by atoms with Crippen molar-refractivity contribution in [1.82, 2.24) is 19.6 Å². The lowest BCUT2D eigenvalue weighted by molar-refractivity contribution is -0.384. The number of rotatable bonds is 12. The standard InChI is InChI=1S/C49H56N8O9S/c1-28(2)35-8-5-6-9-36(35)38-10-7-15-55(38)33-20-49(21-33)26-54(27-49)32-11-12-37(39(17-32)56-41-16-30-13-14-50-46(30)52-48(41)66-44-25-63-24-42(44)56)47(58)53-67(61,62)34-18-40(57(59)60)45-43(19-34)65-23-31(51-45)22-64-29(3)4/h5-6,8-9,11-14,16-19,28-29,31,33,38,42,44,51H,7,10,15,20-27H2,1-4H3,(H,50,52)(H,53,58)/t31-,38+,42-,44-/m1/s1. The van der Waals surface area contributed by atoms with E-state index in [4.69, 9.17) is 23.9 Å². The number of sulfonamides is 1. The van der Waals surface area contributed by atoms with E-state index < -0.39 is 43.6 Å². The molecule has 352 valence electrons. The third-order valence-electron chi connectivity index (χ3n) is 14.5. The van der Waals surface area contributed by atoms with Crippen LogP contribution in [0.15, 0.2) is 77.8 Å². The van der Waals surface area contributed by atoms with Crippen LogP contribution >= 0.6 is 0 Å². The maximum absolute atomic E-state index is 14.6. The molecular formula is C49H56N8O9S. The molecular weight excluding hydrogens is 877 g/mol. The number of pyridine rings is 1. The first-order valence-corrected chi connectivity index (χ1v) is 24.9. The Labute approximate surface area is 389 Å². The topological polar surface area (TPSA) is 194 Å². The number of anilines is 4. The number of nitro groups is 1. The molecule has 11 rings (SSSR count). The molecule has 2 aromatic heterocycles. The normalized spacial score (nSPS) is 23.3.